The zero-order chi connectivity index (χ0) is 28.2. The average Bonchev–Trinajstić information content (AvgIpc) is 2.93. The summed E-state index contributed by atoms with van der Waals surface area (Å²) in [7, 11) is 0.866. The number of benzene rings is 3. The Morgan fingerprint density at radius 1 is 1.05 bits per heavy atom. The number of carbonyl (C=O) groups excluding carboxylic acids is 2. The third-order valence-electron chi connectivity index (χ3n) is 6.85. The fraction of sp³-hybridized carbons (Fsp3) is 0.357. The molecule has 1 atom stereocenters. The zero-order valence-electron chi connectivity index (χ0n) is 22.1. The fourth-order valence-corrected chi connectivity index (χ4v) is 6.00. The number of carbonyl (C=O) groups is 2. The largest absolute Gasteiger partial charge is 0.493 e. The molecule has 0 unspecified atom stereocenters. The minimum Gasteiger partial charge on any atom is -0.493 e. The molecule has 208 valence electrons. The van der Waals surface area contributed by atoms with Gasteiger partial charge >= 0.3 is 0 Å². The first-order valence-electron chi connectivity index (χ1n) is 12.6. The van der Waals surface area contributed by atoms with E-state index >= 15 is 0 Å². The summed E-state index contributed by atoms with van der Waals surface area (Å²) in [5.74, 6) is 0.619. The van der Waals surface area contributed by atoms with E-state index in [9.17, 15) is 18.0 Å². The molecule has 0 aromatic heterocycles. The number of hydrogen-bond acceptors (Lipinski definition) is 6. The molecule has 0 spiro atoms. The van der Waals surface area contributed by atoms with Crippen molar-refractivity contribution >= 4 is 44.2 Å². The number of nitrogens with one attached hydrogen (secondary N) is 1. The van der Waals surface area contributed by atoms with Crippen molar-refractivity contribution in [1.29, 1.82) is 0 Å². The van der Waals surface area contributed by atoms with Gasteiger partial charge in [-0.05, 0) is 72.0 Å². The smallest absolute Gasteiger partial charge is 0.241 e. The summed E-state index contributed by atoms with van der Waals surface area (Å²) in [6.45, 7) is 0.721. The van der Waals surface area contributed by atoms with Crippen LogP contribution in [0.4, 0.5) is 0 Å². The van der Waals surface area contributed by atoms with Crippen molar-refractivity contribution in [2.24, 2.45) is 0 Å². The molecule has 4 rings (SSSR count). The highest BCUT2D eigenvalue weighted by Crippen LogP contribution is 2.28. The van der Waals surface area contributed by atoms with Crippen LogP contribution in [0.1, 0.15) is 18.4 Å². The summed E-state index contributed by atoms with van der Waals surface area (Å²) in [4.78, 5) is 29.1. The van der Waals surface area contributed by atoms with Crippen LogP contribution in [0.5, 0.6) is 11.5 Å². The van der Waals surface area contributed by atoms with E-state index in [-0.39, 0.29) is 17.3 Å². The molecule has 1 fully saturated rings. The van der Waals surface area contributed by atoms with Crippen molar-refractivity contribution in [2.45, 2.75) is 30.2 Å². The minimum absolute atomic E-state index is 0.0632. The van der Waals surface area contributed by atoms with Crippen LogP contribution in [0.2, 0.25) is 5.02 Å². The van der Waals surface area contributed by atoms with Crippen LogP contribution in [-0.2, 0) is 26.0 Å². The second-order valence-electron chi connectivity index (χ2n) is 9.48. The summed E-state index contributed by atoms with van der Waals surface area (Å²) in [6, 6.07) is 14.6. The molecule has 1 heterocycles. The first-order valence-corrected chi connectivity index (χ1v) is 14.4. The molecule has 0 radical (unpaired) electrons. The van der Waals surface area contributed by atoms with E-state index in [4.69, 9.17) is 21.1 Å². The molecule has 0 saturated carbocycles. The molecule has 1 aliphatic heterocycles. The molecule has 3 aromatic carbocycles. The first-order chi connectivity index (χ1) is 18.6. The van der Waals surface area contributed by atoms with Gasteiger partial charge in [0.1, 0.15) is 6.04 Å². The lowest BCUT2D eigenvalue weighted by atomic mass is 10.1. The maximum absolute atomic E-state index is 13.1. The highest BCUT2D eigenvalue weighted by atomic mass is 35.5. The van der Waals surface area contributed by atoms with Crippen molar-refractivity contribution in [3.05, 3.63) is 65.2 Å². The third-order valence-corrected chi connectivity index (χ3v) is 8.55. The van der Waals surface area contributed by atoms with Crippen LogP contribution < -0.4 is 14.2 Å². The van der Waals surface area contributed by atoms with Crippen LogP contribution in [0.15, 0.2) is 59.5 Å². The van der Waals surface area contributed by atoms with Crippen LogP contribution in [0, 0.1) is 0 Å². The Balaban J connectivity index is 1.36. The van der Waals surface area contributed by atoms with Crippen LogP contribution >= 0.6 is 11.6 Å². The topological polar surface area (TPSA) is 105 Å². The molecule has 0 bridgehead atoms. The van der Waals surface area contributed by atoms with E-state index in [1.54, 1.807) is 56.5 Å². The van der Waals surface area contributed by atoms with Gasteiger partial charge < -0.3 is 19.3 Å². The normalized spacial score (nSPS) is 15.8. The molecule has 1 aliphatic rings. The van der Waals surface area contributed by atoms with Gasteiger partial charge in [-0.15, -0.1) is 0 Å². The van der Waals surface area contributed by atoms with Crippen molar-refractivity contribution in [1.82, 2.24) is 14.5 Å². The van der Waals surface area contributed by atoms with E-state index in [0.717, 1.165) is 16.3 Å². The Kier molecular flexibility index (Phi) is 8.99. The molecule has 2 amide bonds. The molecule has 1 N–H and O–H groups in total. The van der Waals surface area contributed by atoms with Gasteiger partial charge in [0.25, 0.3) is 0 Å². The number of ether oxygens (including phenoxy) is 2. The third kappa shape index (κ3) is 6.81. The number of amides is 2. The minimum atomic E-state index is -3.96. The number of halogens is 1. The van der Waals surface area contributed by atoms with Crippen LogP contribution in [0.3, 0.4) is 0 Å². The van der Waals surface area contributed by atoms with E-state index in [0.29, 0.717) is 48.9 Å². The van der Waals surface area contributed by atoms with Gasteiger partial charge in [-0.2, -0.15) is 4.72 Å². The monoisotopic (exact) mass is 573 g/mol. The van der Waals surface area contributed by atoms with Gasteiger partial charge in [-0.1, -0.05) is 29.8 Å². The summed E-state index contributed by atoms with van der Waals surface area (Å²) < 4.78 is 39.3. The van der Waals surface area contributed by atoms with Gasteiger partial charge in [-0.25, -0.2) is 8.42 Å². The Morgan fingerprint density at radius 3 is 2.51 bits per heavy atom. The van der Waals surface area contributed by atoms with Crippen LogP contribution in [0.25, 0.3) is 10.8 Å². The number of nitrogens with zero attached hydrogens (tertiary/aromatic N) is 2. The maximum atomic E-state index is 13.1. The van der Waals surface area contributed by atoms with E-state index in [2.05, 4.69) is 4.72 Å². The lowest BCUT2D eigenvalue weighted by Gasteiger charge is -2.33. The lowest BCUT2D eigenvalue weighted by Crippen LogP contribution is -2.54. The van der Waals surface area contributed by atoms with Crippen molar-refractivity contribution in [3.63, 3.8) is 0 Å². The molecular weight excluding hydrogens is 542 g/mol. The fourth-order valence-electron chi connectivity index (χ4n) is 4.57. The Labute approximate surface area is 233 Å². The number of piperidine rings is 1. The zero-order valence-corrected chi connectivity index (χ0v) is 23.7. The molecule has 39 heavy (non-hydrogen) atoms. The second-order valence-corrected chi connectivity index (χ2v) is 11.6. The van der Waals surface area contributed by atoms with Crippen molar-refractivity contribution in [2.75, 3.05) is 40.9 Å². The molecule has 3 aromatic rings. The highest BCUT2D eigenvalue weighted by Gasteiger charge is 2.33. The first kappa shape index (κ1) is 28.7. The average molecular weight is 574 g/mol. The van der Waals surface area contributed by atoms with Crippen LogP contribution in [-0.4, -0.2) is 77.0 Å². The van der Waals surface area contributed by atoms with Gasteiger partial charge in [0.15, 0.2) is 11.5 Å². The summed E-state index contributed by atoms with van der Waals surface area (Å²) >= 11 is 6.02. The van der Waals surface area contributed by atoms with E-state index in [1.165, 1.54) is 11.0 Å². The molecular formula is C28H32ClN3O6S. The number of rotatable bonds is 10. The van der Waals surface area contributed by atoms with E-state index in [1.807, 2.05) is 18.2 Å². The standard InChI is InChI=1S/C28H32ClN3O6S/c1-31(14-12-19-6-11-25(37-2)26(15-19)38-3)27(33)18-32-13-4-5-24(28(32)34)30-39(35,36)23-10-8-20-16-22(29)9-7-21(20)17-23/h6-11,15-17,24,30H,4-5,12-14,18H2,1-3H3/t24-/m0/s1. The maximum Gasteiger partial charge on any atom is 0.241 e. The Bertz CT molecular complexity index is 1480. The number of sulfonamides is 1. The molecule has 9 nitrogen and oxygen atoms in total. The SMILES string of the molecule is COc1ccc(CCN(C)C(=O)CN2CCC[C@H](NS(=O)(=O)c3ccc4cc(Cl)ccc4c3)C2=O)cc1OC. The van der Waals surface area contributed by atoms with Gasteiger partial charge in [0.05, 0.1) is 25.7 Å². The number of likely N-dealkylation sites (tertiary alicyclic amines) is 1. The predicted octanol–water partition coefficient (Wildman–Crippen LogP) is 3.48. The van der Waals surface area contributed by atoms with E-state index < -0.39 is 22.0 Å². The quantitative estimate of drug-likeness (QED) is 0.398. The molecule has 1 saturated heterocycles. The highest BCUT2D eigenvalue weighted by molar-refractivity contribution is 7.89. The number of likely N-dealkylation sites (N-methyl/N-ethyl adjacent to an activating group) is 1. The molecule has 11 heteroatoms. The predicted molar refractivity (Wildman–Crippen MR) is 150 cm³/mol. The number of methoxy groups -OCH3 is 2. The number of fused-ring (bicyclic) bond motifs is 1. The number of hydrogen-bond donors (Lipinski definition) is 1. The Morgan fingerprint density at radius 2 is 1.77 bits per heavy atom. The van der Waals surface area contributed by atoms with Crippen molar-refractivity contribution in [3.8, 4) is 11.5 Å². The second kappa shape index (κ2) is 12.2. The lowest BCUT2D eigenvalue weighted by molar-refractivity contribution is -0.142. The van der Waals surface area contributed by atoms with Crippen molar-refractivity contribution < 1.29 is 27.5 Å². The summed E-state index contributed by atoms with van der Waals surface area (Å²) in [6.07, 6.45) is 1.54. The Hall–Kier alpha value is -3.34. The summed E-state index contributed by atoms with van der Waals surface area (Å²) in [5.41, 5.74) is 0.979. The summed E-state index contributed by atoms with van der Waals surface area (Å²) in [5, 5.41) is 2.10. The van der Waals surface area contributed by atoms with Gasteiger partial charge in [0, 0.05) is 25.2 Å². The molecule has 0 aliphatic carbocycles. The van der Waals surface area contributed by atoms with Gasteiger partial charge in [0.2, 0.25) is 21.8 Å². The van der Waals surface area contributed by atoms with Gasteiger partial charge in [-0.3, -0.25) is 9.59 Å².